The zero-order valence-electron chi connectivity index (χ0n) is 17.5. The van der Waals surface area contributed by atoms with E-state index < -0.39 is 15.9 Å². The van der Waals surface area contributed by atoms with E-state index in [1.54, 1.807) is 42.2 Å². The molecule has 0 aromatic heterocycles. The number of rotatable bonds is 6. The van der Waals surface area contributed by atoms with Crippen LogP contribution in [0.5, 0.6) is 0 Å². The molecule has 2 amide bonds. The number of amides is 2. The van der Waals surface area contributed by atoms with E-state index in [4.69, 9.17) is 0 Å². The Kier molecular flexibility index (Phi) is 6.07. The number of carbonyl (C=O) groups excluding carboxylic acids is 2. The molecule has 0 aliphatic carbocycles. The molecule has 3 aromatic rings. The molecule has 0 fully saturated rings. The van der Waals surface area contributed by atoms with Crippen LogP contribution in [-0.2, 0) is 16.4 Å². The number of fused-ring (bicyclic) bond motifs is 1. The second kappa shape index (κ2) is 8.94. The van der Waals surface area contributed by atoms with Crippen LogP contribution in [0.4, 0.5) is 11.4 Å². The van der Waals surface area contributed by atoms with Crippen molar-refractivity contribution in [2.45, 2.75) is 18.2 Å². The van der Waals surface area contributed by atoms with Crippen LogP contribution in [0.2, 0.25) is 0 Å². The van der Waals surface area contributed by atoms with Crippen LogP contribution in [-0.4, -0.2) is 33.3 Å². The quantitative estimate of drug-likeness (QED) is 0.603. The van der Waals surface area contributed by atoms with Crippen molar-refractivity contribution in [2.24, 2.45) is 0 Å². The molecule has 32 heavy (non-hydrogen) atoms. The van der Waals surface area contributed by atoms with Gasteiger partial charge in [0.2, 0.25) is 10.0 Å². The maximum absolute atomic E-state index is 12.9. The largest absolute Gasteiger partial charge is 0.322 e. The number of nitrogens with one attached hydrogen (secondary N) is 2. The molecule has 2 N–H and O–H groups in total. The van der Waals surface area contributed by atoms with E-state index in [9.17, 15) is 18.0 Å². The van der Waals surface area contributed by atoms with Gasteiger partial charge in [0, 0.05) is 35.6 Å². The summed E-state index contributed by atoms with van der Waals surface area (Å²) in [6.07, 6.45) is 0.832. The van der Waals surface area contributed by atoms with Gasteiger partial charge in [-0.3, -0.25) is 9.59 Å². The highest BCUT2D eigenvalue weighted by Crippen LogP contribution is 2.29. The molecule has 4 rings (SSSR count). The van der Waals surface area contributed by atoms with Crippen molar-refractivity contribution in [3.63, 3.8) is 0 Å². The monoisotopic (exact) mass is 449 g/mol. The number of nitrogens with zero attached hydrogens (tertiary/aromatic N) is 1. The number of para-hydroxylation sites is 1. The van der Waals surface area contributed by atoms with Crippen LogP contribution in [0.25, 0.3) is 0 Å². The van der Waals surface area contributed by atoms with Gasteiger partial charge in [-0.05, 0) is 60.5 Å². The van der Waals surface area contributed by atoms with Crippen molar-refractivity contribution in [1.82, 2.24) is 4.72 Å². The van der Waals surface area contributed by atoms with Crippen LogP contribution in [0.1, 0.15) is 33.2 Å². The topological polar surface area (TPSA) is 95.6 Å². The third kappa shape index (κ3) is 4.42. The summed E-state index contributed by atoms with van der Waals surface area (Å²) in [6.45, 7) is 2.58. The number of anilines is 2. The predicted molar refractivity (Wildman–Crippen MR) is 124 cm³/mol. The molecule has 0 saturated heterocycles. The molecule has 0 spiro atoms. The molecule has 0 atom stereocenters. The SMILES string of the molecule is CCNS(=O)(=O)c1cccc(C(=O)Nc2ccc(C(=O)N3CCc4ccccc43)cc2)c1. The number of hydrogen-bond acceptors (Lipinski definition) is 4. The molecule has 1 aliphatic heterocycles. The van der Waals surface area contributed by atoms with Crippen molar-refractivity contribution < 1.29 is 18.0 Å². The highest BCUT2D eigenvalue weighted by Gasteiger charge is 2.25. The van der Waals surface area contributed by atoms with E-state index in [1.165, 1.54) is 18.2 Å². The maximum Gasteiger partial charge on any atom is 0.258 e. The van der Waals surface area contributed by atoms with Gasteiger partial charge in [0.05, 0.1) is 4.90 Å². The van der Waals surface area contributed by atoms with Crippen molar-refractivity contribution in [2.75, 3.05) is 23.3 Å². The lowest BCUT2D eigenvalue weighted by Crippen LogP contribution is -2.28. The van der Waals surface area contributed by atoms with Gasteiger partial charge in [-0.2, -0.15) is 0 Å². The molecule has 164 valence electrons. The van der Waals surface area contributed by atoms with E-state index >= 15 is 0 Å². The molecule has 0 saturated carbocycles. The molecule has 7 nitrogen and oxygen atoms in total. The Balaban J connectivity index is 1.47. The predicted octanol–water partition coefficient (Wildman–Crippen LogP) is 3.44. The Morgan fingerprint density at radius 1 is 0.938 bits per heavy atom. The summed E-state index contributed by atoms with van der Waals surface area (Å²) in [4.78, 5) is 27.3. The fraction of sp³-hybridized carbons (Fsp3) is 0.167. The summed E-state index contributed by atoms with van der Waals surface area (Å²) in [5.41, 5.74) is 3.34. The highest BCUT2D eigenvalue weighted by atomic mass is 32.2. The minimum absolute atomic E-state index is 0.0267. The van der Waals surface area contributed by atoms with Gasteiger partial charge in [-0.15, -0.1) is 0 Å². The second-order valence-electron chi connectivity index (χ2n) is 7.40. The van der Waals surface area contributed by atoms with E-state index in [0.29, 0.717) is 17.8 Å². The van der Waals surface area contributed by atoms with Gasteiger partial charge >= 0.3 is 0 Å². The maximum atomic E-state index is 12.9. The van der Waals surface area contributed by atoms with Crippen LogP contribution in [0, 0.1) is 0 Å². The summed E-state index contributed by atoms with van der Waals surface area (Å²) in [6, 6.07) is 20.4. The van der Waals surface area contributed by atoms with Gasteiger partial charge < -0.3 is 10.2 Å². The highest BCUT2D eigenvalue weighted by molar-refractivity contribution is 7.89. The lowest BCUT2D eigenvalue weighted by Gasteiger charge is -2.17. The van der Waals surface area contributed by atoms with E-state index in [0.717, 1.165) is 17.7 Å². The van der Waals surface area contributed by atoms with Gasteiger partial charge in [0.1, 0.15) is 0 Å². The second-order valence-corrected chi connectivity index (χ2v) is 9.16. The minimum atomic E-state index is -3.66. The van der Waals surface area contributed by atoms with Gasteiger partial charge in [0.15, 0.2) is 0 Å². The molecular weight excluding hydrogens is 426 g/mol. The van der Waals surface area contributed by atoms with E-state index in [-0.39, 0.29) is 22.9 Å². The van der Waals surface area contributed by atoms with Crippen molar-refractivity contribution >= 4 is 33.2 Å². The fourth-order valence-electron chi connectivity index (χ4n) is 3.68. The summed E-state index contributed by atoms with van der Waals surface area (Å²) < 4.78 is 26.8. The molecule has 1 heterocycles. The lowest BCUT2D eigenvalue weighted by atomic mass is 10.1. The number of benzene rings is 3. The third-order valence-electron chi connectivity index (χ3n) is 5.26. The average molecular weight is 450 g/mol. The molecule has 0 bridgehead atoms. The molecule has 1 aliphatic rings. The van der Waals surface area contributed by atoms with Crippen molar-refractivity contribution in [3.8, 4) is 0 Å². The van der Waals surface area contributed by atoms with Crippen LogP contribution < -0.4 is 14.9 Å². The first-order valence-electron chi connectivity index (χ1n) is 10.3. The Morgan fingerprint density at radius 2 is 1.69 bits per heavy atom. The molecule has 0 unspecified atom stereocenters. The Morgan fingerprint density at radius 3 is 2.44 bits per heavy atom. The summed E-state index contributed by atoms with van der Waals surface area (Å²) >= 11 is 0. The van der Waals surface area contributed by atoms with Crippen LogP contribution in [0.15, 0.2) is 77.7 Å². The molecule has 3 aromatic carbocycles. The van der Waals surface area contributed by atoms with Gasteiger partial charge in [0.25, 0.3) is 11.8 Å². The van der Waals surface area contributed by atoms with Crippen LogP contribution >= 0.6 is 0 Å². The van der Waals surface area contributed by atoms with E-state index in [1.807, 2.05) is 24.3 Å². The fourth-order valence-corrected chi connectivity index (χ4v) is 4.77. The minimum Gasteiger partial charge on any atom is -0.322 e. The van der Waals surface area contributed by atoms with Gasteiger partial charge in [-0.25, -0.2) is 13.1 Å². The Bertz CT molecular complexity index is 1270. The summed E-state index contributed by atoms with van der Waals surface area (Å²) in [5.74, 6) is -0.528. The Labute approximate surface area is 187 Å². The molecule has 8 heteroatoms. The first-order valence-corrected chi connectivity index (χ1v) is 11.8. The summed E-state index contributed by atoms with van der Waals surface area (Å²) in [5, 5.41) is 2.74. The third-order valence-corrected chi connectivity index (χ3v) is 6.81. The standard InChI is InChI=1S/C24H23N3O4S/c1-2-25-32(30,31)21-8-5-7-19(16-21)23(28)26-20-12-10-18(11-13-20)24(29)27-15-14-17-6-3-4-9-22(17)27/h3-13,16,25H,2,14-15H2,1H3,(H,26,28). The number of sulfonamides is 1. The zero-order chi connectivity index (χ0) is 22.7. The number of carbonyl (C=O) groups is 2. The smallest absolute Gasteiger partial charge is 0.258 e. The molecular formula is C24H23N3O4S. The number of hydrogen-bond donors (Lipinski definition) is 2. The zero-order valence-corrected chi connectivity index (χ0v) is 18.4. The summed E-state index contributed by atoms with van der Waals surface area (Å²) in [7, 11) is -3.66. The van der Waals surface area contributed by atoms with E-state index in [2.05, 4.69) is 10.0 Å². The average Bonchev–Trinajstić information content (AvgIpc) is 3.23. The van der Waals surface area contributed by atoms with Crippen molar-refractivity contribution in [1.29, 1.82) is 0 Å². The normalized spacial score (nSPS) is 13.0. The lowest BCUT2D eigenvalue weighted by molar-refractivity contribution is 0.0988. The van der Waals surface area contributed by atoms with Crippen LogP contribution in [0.3, 0.4) is 0 Å². The first kappa shape index (κ1) is 21.7. The Hall–Kier alpha value is -3.49. The van der Waals surface area contributed by atoms with Crippen molar-refractivity contribution in [3.05, 3.63) is 89.5 Å². The first-order chi connectivity index (χ1) is 15.4. The van der Waals surface area contributed by atoms with Gasteiger partial charge in [-0.1, -0.05) is 31.2 Å². The molecule has 0 radical (unpaired) electrons.